The maximum absolute atomic E-state index is 11.9. The first-order valence-electron chi connectivity index (χ1n) is 7.42. The van der Waals surface area contributed by atoms with Crippen molar-refractivity contribution in [2.45, 2.75) is 59.3 Å². The summed E-state index contributed by atoms with van der Waals surface area (Å²) in [5.41, 5.74) is -0.742. The normalized spacial score (nSPS) is 28.7. The highest BCUT2D eigenvalue weighted by Gasteiger charge is 2.41. The molecule has 1 aliphatic rings. The SMILES string of the molecule is CCCC(C)C(=O)NCC1(C(=O)O)CCC(C)CC1. The van der Waals surface area contributed by atoms with Crippen molar-refractivity contribution in [1.82, 2.24) is 5.32 Å². The zero-order valence-electron chi connectivity index (χ0n) is 12.4. The van der Waals surface area contributed by atoms with Crippen LogP contribution in [0.2, 0.25) is 0 Å². The Kier molecular flexibility index (Phi) is 5.83. The molecule has 0 spiro atoms. The summed E-state index contributed by atoms with van der Waals surface area (Å²) in [5.74, 6) is -0.204. The molecule has 1 atom stereocenters. The van der Waals surface area contributed by atoms with Crippen molar-refractivity contribution in [3.05, 3.63) is 0 Å². The molecule has 0 aliphatic heterocycles. The van der Waals surface area contributed by atoms with Crippen molar-refractivity contribution < 1.29 is 14.7 Å². The fourth-order valence-electron chi connectivity index (χ4n) is 2.78. The van der Waals surface area contributed by atoms with Crippen LogP contribution < -0.4 is 5.32 Å². The number of hydrogen-bond acceptors (Lipinski definition) is 2. The summed E-state index contributed by atoms with van der Waals surface area (Å²) in [6.07, 6.45) is 5.04. The Labute approximate surface area is 116 Å². The van der Waals surface area contributed by atoms with E-state index in [1.807, 2.05) is 13.8 Å². The predicted molar refractivity (Wildman–Crippen MR) is 74.8 cm³/mol. The van der Waals surface area contributed by atoms with E-state index < -0.39 is 11.4 Å². The number of nitrogens with one attached hydrogen (secondary N) is 1. The van der Waals surface area contributed by atoms with E-state index in [2.05, 4.69) is 12.2 Å². The topological polar surface area (TPSA) is 66.4 Å². The zero-order valence-corrected chi connectivity index (χ0v) is 12.4. The van der Waals surface area contributed by atoms with Crippen LogP contribution in [0.5, 0.6) is 0 Å². The van der Waals surface area contributed by atoms with E-state index in [1.54, 1.807) is 0 Å². The van der Waals surface area contributed by atoms with E-state index in [1.165, 1.54) is 0 Å². The molecule has 0 heterocycles. The molecule has 110 valence electrons. The summed E-state index contributed by atoms with van der Waals surface area (Å²) >= 11 is 0. The molecule has 0 aromatic heterocycles. The number of hydrogen-bond donors (Lipinski definition) is 2. The molecule has 0 aromatic carbocycles. The lowest BCUT2D eigenvalue weighted by Gasteiger charge is -2.36. The van der Waals surface area contributed by atoms with Crippen LogP contribution in [0.3, 0.4) is 0 Å². The Morgan fingerprint density at radius 1 is 1.37 bits per heavy atom. The second kappa shape index (κ2) is 6.92. The van der Waals surface area contributed by atoms with Crippen LogP contribution in [-0.4, -0.2) is 23.5 Å². The Bertz CT molecular complexity index is 319. The molecule has 2 N–H and O–H groups in total. The minimum atomic E-state index is -0.761. The predicted octanol–water partition coefficient (Wildman–Crippen LogP) is 2.82. The van der Waals surface area contributed by atoms with Crippen LogP contribution in [-0.2, 0) is 9.59 Å². The fraction of sp³-hybridized carbons (Fsp3) is 0.867. The van der Waals surface area contributed by atoms with E-state index in [9.17, 15) is 14.7 Å². The lowest BCUT2D eigenvalue weighted by atomic mass is 9.70. The Morgan fingerprint density at radius 2 is 1.95 bits per heavy atom. The van der Waals surface area contributed by atoms with Crippen LogP contribution in [0.15, 0.2) is 0 Å². The van der Waals surface area contributed by atoms with Crippen molar-refractivity contribution in [3.63, 3.8) is 0 Å². The monoisotopic (exact) mass is 269 g/mol. The molecule has 0 aromatic rings. The average Bonchev–Trinajstić information content (AvgIpc) is 2.38. The zero-order chi connectivity index (χ0) is 14.5. The third-order valence-corrected chi connectivity index (χ3v) is 4.46. The second-order valence-corrected chi connectivity index (χ2v) is 6.18. The number of rotatable bonds is 6. The van der Waals surface area contributed by atoms with Crippen molar-refractivity contribution in [1.29, 1.82) is 0 Å². The van der Waals surface area contributed by atoms with Gasteiger partial charge in [0.15, 0.2) is 0 Å². The number of carboxylic acids is 1. The minimum absolute atomic E-state index is 0.0129. The molecular weight excluding hydrogens is 242 g/mol. The van der Waals surface area contributed by atoms with Crippen LogP contribution in [0.4, 0.5) is 0 Å². The van der Waals surface area contributed by atoms with Gasteiger partial charge >= 0.3 is 5.97 Å². The standard InChI is InChI=1S/C15H27NO3/c1-4-5-12(3)13(17)16-10-15(14(18)19)8-6-11(2)7-9-15/h11-12H,4-10H2,1-3H3,(H,16,17)(H,18,19). The average molecular weight is 269 g/mol. The maximum atomic E-state index is 11.9. The van der Waals surface area contributed by atoms with Gasteiger partial charge in [0.25, 0.3) is 0 Å². The number of aliphatic carboxylic acids is 1. The third kappa shape index (κ3) is 4.22. The summed E-state index contributed by atoms with van der Waals surface area (Å²) in [4.78, 5) is 23.4. The van der Waals surface area contributed by atoms with Gasteiger partial charge < -0.3 is 10.4 Å². The van der Waals surface area contributed by atoms with E-state index in [-0.39, 0.29) is 18.4 Å². The van der Waals surface area contributed by atoms with Crippen LogP contribution in [0, 0.1) is 17.3 Å². The lowest BCUT2D eigenvalue weighted by Crippen LogP contribution is -2.46. The van der Waals surface area contributed by atoms with Crippen LogP contribution in [0.1, 0.15) is 59.3 Å². The van der Waals surface area contributed by atoms with Gasteiger partial charge in [-0.05, 0) is 38.0 Å². The van der Waals surface area contributed by atoms with Crippen molar-refractivity contribution in [2.24, 2.45) is 17.3 Å². The minimum Gasteiger partial charge on any atom is -0.481 e. The van der Waals surface area contributed by atoms with Gasteiger partial charge in [-0.25, -0.2) is 0 Å². The highest BCUT2D eigenvalue weighted by Crippen LogP contribution is 2.38. The molecule has 1 rings (SSSR count). The van der Waals surface area contributed by atoms with Gasteiger partial charge in [-0.15, -0.1) is 0 Å². The summed E-state index contributed by atoms with van der Waals surface area (Å²) in [6.45, 7) is 6.38. The molecule has 19 heavy (non-hydrogen) atoms. The number of carbonyl (C=O) groups is 2. The van der Waals surface area contributed by atoms with Gasteiger partial charge in [0.2, 0.25) is 5.91 Å². The molecule has 0 saturated heterocycles. The molecule has 0 radical (unpaired) electrons. The highest BCUT2D eigenvalue weighted by atomic mass is 16.4. The molecule has 0 bridgehead atoms. The van der Waals surface area contributed by atoms with Gasteiger partial charge in [-0.2, -0.15) is 0 Å². The molecule has 4 nitrogen and oxygen atoms in total. The molecule has 4 heteroatoms. The number of carbonyl (C=O) groups excluding carboxylic acids is 1. The van der Waals surface area contributed by atoms with Gasteiger partial charge in [0.1, 0.15) is 0 Å². The summed E-state index contributed by atoms with van der Waals surface area (Å²) in [6, 6.07) is 0. The first-order chi connectivity index (χ1) is 8.91. The number of carboxylic acid groups (broad SMARTS) is 1. The second-order valence-electron chi connectivity index (χ2n) is 6.18. The van der Waals surface area contributed by atoms with Crippen molar-refractivity contribution >= 4 is 11.9 Å². The largest absolute Gasteiger partial charge is 0.481 e. The smallest absolute Gasteiger partial charge is 0.311 e. The lowest BCUT2D eigenvalue weighted by molar-refractivity contribution is -0.151. The van der Waals surface area contributed by atoms with Crippen LogP contribution >= 0.6 is 0 Å². The van der Waals surface area contributed by atoms with Crippen molar-refractivity contribution in [3.8, 4) is 0 Å². The van der Waals surface area contributed by atoms with E-state index >= 15 is 0 Å². The Balaban J connectivity index is 2.56. The highest BCUT2D eigenvalue weighted by molar-refractivity contribution is 5.80. The molecule has 1 amide bonds. The first kappa shape index (κ1) is 16.0. The van der Waals surface area contributed by atoms with Gasteiger partial charge in [0, 0.05) is 12.5 Å². The van der Waals surface area contributed by atoms with Crippen LogP contribution in [0.25, 0.3) is 0 Å². The van der Waals surface area contributed by atoms with Gasteiger partial charge in [-0.1, -0.05) is 27.2 Å². The summed E-state index contributed by atoms with van der Waals surface area (Å²) in [7, 11) is 0. The van der Waals surface area contributed by atoms with E-state index in [4.69, 9.17) is 0 Å². The maximum Gasteiger partial charge on any atom is 0.311 e. The summed E-state index contributed by atoms with van der Waals surface area (Å²) in [5, 5.41) is 12.3. The molecule has 1 fully saturated rings. The third-order valence-electron chi connectivity index (χ3n) is 4.46. The quantitative estimate of drug-likeness (QED) is 0.779. The fourth-order valence-corrected chi connectivity index (χ4v) is 2.78. The van der Waals surface area contributed by atoms with E-state index in [0.717, 1.165) is 25.7 Å². The molecule has 1 saturated carbocycles. The summed E-state index contributed by atoms with van der Waals surface area (Å²) < 4.78 is 0. The van der Waals surface area contributed by atoms with Gasteiger partial charge in [0.05, 0.1) is 5.41 Å². The number of amides is 1. The Morgan fingerprint density at radius 3 is 2.42 bits per heavy atom. The Hall–Kier alpha value is -1.06. The molecular formula is C15H27NO3. The first-order valence-corrected chi connectivity index (χ1v) is 7.42. The molecule has 1 aliphatic carbocycles. The van der Waals surface area contributed by atoms with Crippen molar-refractivity contribution in [2.75, 3.05) is 6.54 Å². The molecule has 1 unspecified atom stereocenters. The van der Waals surface area contributed by atoms with E-state index in [0.29, 0.717) is 18.8 Å². The van der Waals surface area contributed by atoms with Gasteiger partial charge in [-0.3, -0.25) is 9.59 Å².